The molecule has 0 saturated carbocycles. The van der Waals surface area contributed by atoms with Crippen LogP contribution in [0.25, 0.3) is 0 Å². The van der Waals surface area contributed by atoms with Crippen molar-refractivity contribution in [2.75, 3.05) is 24.5 Å². The monoisotopic (exact) mass is 421 g/mol. The predicted octanol–water partition coefficient (Wildman–Crippen LogP) is 4.10. The van der Waals surface area contributed by atoms with Crippen LogP contribution in [0.3, 0.4) is 0 Å². The highest BCUT2D eigenvalue weighted by Crippen LogP contribution is 2.22. The maximum Gasteiger partial charge on any atom is 0.110 e. The molecule has 3 aromatic rings. The molecule has 1 aliphatic heterocycles. The minimum absolute atomic E-state index is 0. The average molecular weight is 422 g/mol. The van der Waals surface area contributed by atoms with E-state index in [0.717, 1.165) is 43.9 Å². The molecule has 2 heterocycles. The van der Waals surface area contributed by atoms with E-state index in [1.165, 1.54) is 24.2 Å². The van der Waals surface area contributed by atoms with Crippen molar-refractivity contribution in [2.45, 2.75) is 31.7 Å². The summed E-state index contributed by atoms with van der Waals surface area (Å²) in [6.07, 6.45) is 6.02. The lowest BCUT2D eigenvalue weighted by molar-refractivity contribution is 0.430. The molecule has 0 atom stereocenters. The van der Waals surface area contributed by atoms with E-state index in [0.29, 0.717) is 11.6 Å². The van der Waals surface area contributed by atoms with Crippen LogP contribution in [-0.4, -0.2) is 35.6 Å². The van der Waals surface area contributed by atoms with Crippen molar-refractivity contribution in [3.8, 4) is 6.07 Å². The first-order valence-electron chi connectivity index (χ1n) is 10.4. The molecule has 0 spiro atoms. The first kappa shape index (κ1) is 21.9. The third-order valence-electron chi connectivity index (χ3n) is 5.60. The molecule has 2 aromatic carbocycles. The molecule has 1 aliphatic rings. The molecule has 156 valence electrons. The largest absolute Gasteiger partial charge is 0.368 e. The Morgan fingerprint density at radius 1 is 1.03 bits per heavy atom. The number of piperidine rings is 1. The molecule has 1 aromatic heterocycles. The molecule has 2 N–H and O–H groups in total. The standard InChI is InChI=1S/C24H27N5.ClH/c25-17-20-8-6-19(7-9-20)16-24-27-18-21(28-24)12-15-29(22-4-2-1-3-5-22)23-10-13-26-14-11-23;/h1-9,18,23,26H,10-16H2,(H,27,28);1H. The number of aromatic amines is 1. The van der Waals surface area contributed by atoms with E-state index >= 15 is 0 Å². The van der Waals surface area contributed by atoms with E-state index < -0.39 is 0 Å². The normalized spacial score (nSPS) is 14.0. The van der Waals surface area contributed by atoms with Gasteiger partial charge in [0.2, 0.25) is 0 Å². The van der Waals surface area contributed by atoms with Crippen molar-refractivity contribution in [1.82, 2.24) is 15.3 Å². The maximum atomic E-state index is 8.93. The van der Waals surface area contributed by atoms with Gasteiger partial charge in [0.1, 0.15) is 5.82 Å². The Hall–Kier alpha value is -2.81. The number of nitriles is 1. The van der Waals surface area contributed by atoms with Crippen LogP contribution in [-0.2, 0) is 12.8 Å². The van der Waals surface area contributed by atoms with Crippen LogP contribution in [0.2, 0.25) is 0 Å². The first-order chi connectivity index (χ1) is 14.3. The fourth-order valence-corrected chi connectivity index (χ4v) is 4.01. The molecule has 0 aliphatic carbocycles. The second-order valence-electron chi connectivity index (χ2n) is 7.60. The summed E-state index contributed by atoms with van der Waals surface area (Å²) < 4.78 is 0. The lowest BCUT2D eigenvalue weighted by Crippen LogP contribution is -2.44. The van der Waals surface area contributed by atoms with Crippen molar-refractivity contribution in [3.05, 3.63) is 83.4 Å². The zero-order chi connectivity index (χ0) is 19.9. The molecule has 1 saturated heterocycles. The van der Waals surface area contributed by atoms with E-state index in [2.05, 4.69) is 56.6 Å². The van der Waals surface area contributed by atoms with Gasteiger partial charge >= 0.3 is 0 Å². The zero-order valence-corrected chi connectivity index (χ0v) is 17.9. The van der Waals surface area contributed by atoms with Crippen molar-refractivity contribution in [2.24, 2.45) is 0 Å². The lowest BCUT2D eigenvalue weighted by atomic mass is 10.0. The third kappa shape index (κ3) is 5.63. The number of rotatable bonds is 7. The highest BCUT2D eigenvalue weighted by molar-refractivity contribution is 5.85. The van der Waals surface area contributed by atoms with Crippen molar-refractivity contribution >= 4 is 18.1 Å². The average Bonchev–Trinajstić information content (AvgIpc) is 3.23. The number of para-hydroxylation sites is 1. The number of hydrogen-bond donors (Lipinski definition) is 2. The van der Waals surface area contributed by atoms with Gasteiger partial charge in [-0.3, -0.25) is 0 Å². The number of nitrogens with one attached hydrogen (secondary N) is 2. The molecule has 0 radical (unpaired) electrons. The summed E-state index contributed by atoms with van der Waals surface area (Å²) in [6, 6.07) is 21.2. The van der Waals surface area contributed by atoms with E-state index in [-0.39, 0.29) is 12.4 Å². The summed E-state index contributed by atoms with van der Waals surface area (Å²) in [6.45, 7) is 3.16. The molecule has 6 heteroatoms. The minimum Gasteiger partial charge on any atom is -0.368 e. The Balaban J connectivity index is 0.00000256. The van der Waals surface area contributed by atoms with Crippen molar-refractivity contribution in [3.63, 3.8) is 0 Å². The molecule has 0 bridgehead atoms. The van der Waals surface area contributed by atoms with Crippen LogP contribution >= 0.6 is 12.4 Å². The highest BCUT2D eigenvalue weighted by Gasteiger charge is 2.21. The van der Waals surface area contributed by atoms with Crippen molar-refractivity contribution in [1.29, 1.82) is 5.26 Å². The number of anilines is 1. The van der Waals surface area contributed by atoms with Gasteiger partial charge in [0.05, 0.1) is 11.6 Å². The highest BCUT2D eigenvalue weighted by atomic mass is 35.5. The Morgan fingerprint density at radius 3 is 2.47 bits per heavy atom. The second-order valence-corrected chi connectivity index (χ2v) is 7.60. The summed E-state index contributed by atoms with van der Waals surface area (Å²) in [5, 5.41) is 12.4. The van der Waals surface area contributed by atoms with Crippen LogP contribution in [0.4, 0.5) is 5.69 Å². The topological polar surface area (TPSA) is 67.7 Å². The van der Waals surface area contributed by atoms with E-state index in [9.17, 15) is 0 Å². The molecule has 5 nitrogen and oxygen atoms in total. The fourth-order valence-electron chi connectivity index (χ4n) is 4.01. The quantitative estimate of drug-likeness (QED) is 0.602. The van der Waals surface area contributed by atoms with Crippen LogP contribution < -0.4 is 10.2 Å². The Labute approximate surface area is 184 Å². The SMILES string of the molecule is Cl.N#Cc1ccc(Cc2ncc(CCN(c3ccccc3)C3CCNCC3)[nH]2)cc1. The number of halogens is 1. The lowest BCUT2D eigenvalue weighted by Gasteiger charge is -2.36. The summed E-state index contributed by atoms with van der Waals surface area (Å²) in [5.41, 5.74) is 4.32. The van der Waals surface area contributed by atoms with Gasteiger partial charge in [-0.25, -0.2) is 4.98 Å². The summed E-state index contributed by atoms with van der Waals surface area (Å²) >= 11 is 0. The van der Waals surface area contributed by atoms with Gasteiger partial charge in [-0.15, -0.1) is 12.4 Å². The number of hydrogen-bond acceptors (Lipinski definition) is 4. The maximum absolute atomic E-state index is 8.93. The summed E-state index contributed by atoms with van der Waals surface area (Å²) in [5.74, 6) is 0.970. The van der Waals surface area contributed by atoms with E-state index in [4.69, 9.17) is 5.26 Å². The fraction of sp³-hybridized carbons (Fsp3) is 0.333. The van der Waals surface area contributed by atoms with E-state index in [1.807, 2.05) is 30.5 Å². The first-order valence-corrected chi connectivity index (χ1v) is 10.4. The zero-order valence-electron chi connectivity index (χ0n) is 17.1. The van der Waals surface area contributed by atoms with E-state index in [1.54, 1.807) is 0 Å². The van der Waals surface area contributed by atoms with Gasteiger partial charge in [0.15, 0.2) is 0 Å². The summed E-state index contributed by atoms with van der Waals surface area (Å²) in [4.78, 5) is 10.6. The van der Waals surface area contributed by atoms with Crippen molar-refractivity contribution < 1.29 is 0 Å². The Morgan fingerprint density at radius 2 is 1.77 bits per heavy atom. The second kappa shape index (κ2) is 10.8. The van der Waals surface area contributed by atoms with Gasteiger partial charge in [0.25, 0.3) is 0 Å². The number of benzene rings is 2. The molecular weight excluding hydrogens is 394 g/mol. The Bertz CT molecular complexity index is 940. The van der Waals surface area contributed by atoms with Crippen LogP contribution in [0, 0.1) is 11.3 Å². The number of nitrogens with zero attached hydrogens (tertiary/aromatic N) is 3. The van der Waals surface area contributed by atoms with Gasteiger partial charge in [-0.2, -0.15) is 5.26 Å². The molecule has 0 unspecified atom stereocenters. The van der Waals surface area contributed by atoms with Gasteiger partial charge in [-0.1, -0.05) is 30.3 Å². The van der Waals surface area contributed by atoms with Crippen LogP contribution in [0.5, 0.6) is 0 Å². The molecule has 30 heavy (non-hydrogen) atoms. The number of imidazole rings is 1. The molecule has 4 rings (SSSR count). The predicted molar refractivity (Wildman–Crippen MR) is 123 cm³/mol. The molecular formula is C24H28ClN5. The molecule has 1 fully saturated rings. The smallest absolute Gasteiger partial charge is 0.110 e. The van der Waals surface area contributed by atoms with Gasteiger partial charge in [-0.05, 0) is 55.8 Å². The van der Waals surface area contributed by atoms with Crippen LogP contribution in [0.15, 0.2) is 60.8 Å². The van der Waals surface area contributed by atoms with Gasteiger partial charge < -0.3 is 15.2 Å². The third-order valence-corrected chi connectivity index (χ3v) is 5.60. The molecule has 0 amide bonds. The minimum atomic E-state index is 0. The summed E-state index contributed by atoms with van der Waals surface area (Å²) in [7, 11) is 0. The Kier molecular flexibility index (Phi) is 7.89. The van der Waals surface area contributed by atoms with Gasteiger partial charge in [0, 0.05) is 43.0 Å². The number of H-pyrrole nitrogens is 1. The number of aromatic nitrogens is 2. The van der Waals surface area contributed by atoms with Crippen LogP contribution in [0.1, 0.15) is 35.5 Å².